The molecule has 0 aliphatic carbocycles. The molecule has 2 aromatic rings. The van der Waals surface area contributed by atoms with Crippen LogP contribution < -0.4 is 10.1 Å². The van der Waals surface area contributed by atoms with Crippen molar-refractivity contribution in [2.75, 3.05) is 13.2 Å². The number of carbonyl (C=O) groups excluding carboxylic acids is 1. The summed E-state index contributed by atoms with van der Waals surface area (Å²) in [7, 11) is 0. The smallest absolute Gasteiger partial charge is 0.260 e. The van der Waals surface area contributed by atoms with Crippen LogP contribution in [0.15, 0.2) is 48.5 Å². The maximum atomic E-state index is 12.0. The van der Waals surface area contributed by atoms with Crippen LogP contribution in [0, 0.1) is 13.8 Å². The number of ether oxygens (including phenoxy) is 2. The van der Waals surface area contributed by atoms with Crippen LogP contribution in [-0.4, -0.2) is 25.2 Å². The van der Waals surface area contributed by atoms with Crippen molar-refractivity contribution >= 4 is 5.91 Å². The molecular weight excluding hydrogens is 302 g/mol. The van der Waals surface area contributed by atoms with E-state index in [1.54, 1.807) is 6.92 Å². The van der Waals surface area contributed by atoms with Crippen LogP contribution in [0.4, 0.5) is 0 Å². The Morgan fingerprint density at radius 3 is 2.54 bits per heavy atom. The van der Waals surface area contributed by atoms with E-state index in [1.807, 2.05) is 62.4 Å². The molecule has 1 N–H and O–H groups in total. The first-order valence-corrected chi connectivity index (χ1v) is 8.19. The highest BCUT2D eigenvalue weighted by Crippen LogP contribution is 2.17. The maximum absolute atomic E-state index is 12.0. The number of nitrogens with one attached hydrogen (secondary N) is 1. The summed E-state index contributed by atoms with van der Waals surface area (Å²) in [4.78, 5) is 12.0. The molecule has 0 saturated carbocycles. The highest BCUT2D eigenvalue weighted by molar-refractivity contribution is 5.80. The van der Waals surface area contributed by atoms with Gasteiger partial charge in [0, 0.05) is 6.54 Å². The summed E-state index contributed by atoms with van der Waals surface area (Å²) >= 11 is 0. The number of benzene rings is 2. The van der Waals surface area contributed by atoms with Crippen molar-refractivity contribution in [3.05, 3.63) is 65.2 Å². The van der Waals surface area contributed by atoms with E-state index in [0.717, 1.165) is 11.1 Å². The predicted octanol–water partition coefficient (Wildman–Crippen LogP) is 3.40. The topological polar surface area (TPSA) is 47.6 Å². The van der Waals surface area contributed by atoms with E-state index in [2.05, 4.69) is 5.32 Å². The monoisotopic (exact) mass is 327 g/mol. The third kappa shape index (κ3) is 5.70. The van der Waals surface area contributed by atoms with Crippen LogP contribution in [-0.2, 0) is 16.1 Å². The lowest BCUT2D eigenvalue weighted by Crippen LogP contribution is -2.38. The average Bonchev–Trinajstić information content (AvgIpc) is 2.58. The summed E-state index contributed by atoms with van der Waals surface area (Å²) in [6.07, 6.45) is -0.541. The van der Waals surface area contributed by atoms with Gasteiger partial charge >= 0.3 is 0 Å². The number of carbonyl (C=O) groups is 1. The minimum absolute atomic E-state index is 0.142. The number of rotatable bonds is 8. The van der Waals surface area contributed by atoms with Gasteiger partial charge in [-0.1, -0.05) is 36.4 Å². The lowest BCUT2D eigenvalue weighted by atomic mass is 10.1. The summed E-state index contributed by atoms with van der Waals surface area (Å²) in [6.45, 7) is 7.30. The van der Waals surface area contributed by atoms with Crippen molar-refractivity contribution in [3.8, 4) is 5.75 Å². The minimum atomic E-state index is -0.541. The van der Waals surface area contributed by atoms with Crippen molar-refractivity contribution in [1.82, 2.24) is 5.32 Å². The van der Waals surface area contributed by atoms with Gasteiger partial charge < -0.3 is 14.8 Å². The zero-order valence-electron chi connectivity index (χ0n) is 14.5. The molecule has 1 atom stereocenters. The summed E-state index contributed by atoms with van der Waals surface area (Å²) < 4.78 is 11.2. The Kier molecular flexibility index (Phi) is 6.82. The van der Waals surface area contributed by atoms with E-state index in [-0.39, 0.29) is 5.91 Å². The molecule has 0 aromatic heterocycles. The summed E-state index contributed by atoms with van der Waals surface area (Å²) in [5.74, 6) is 0.567. The van der Waals surface area contributed by atoms with Gasteiger partial charge in [-0.25, -0.2) is 0 Å². The number of hydrogen-bond acceptors (Lipinski definition) is 3. The Labute approximate surface area is 143 Å². The van der Waals surface area contributed by atoms with Gasteiger partial charge in [0.1, 0.15) is 5.75 Å². The Hall–Kier alpha value is -2.33. The Balaban J connectivity index is 1.67. The second-order valence-corrected chi connectivity index (χ2v) is 5.84. The lowest BCUT2D eigenvalue weighted by Gasteiger charge is -2.15. The van der Waals surface area contributed by atoms with Crippen LogP contribution in [0.3, 0.4) is 0 Å². The second kappa shape index (κ2) is 9.08. The molecular formula is C20H25NO3. The fourth-order valence-corrected chi connectivity index (χ4v) is 2.20. The normalized spacial score (nSPS) is 11.8. The van der Waals surface area contributed by atoms with Crippen LogP contribution >= 0.6 is 0 Å². The van der Waals surface area contributed by atoms with E-state index in [1.165, 1.54) is 5.56 Å². The summed E-state index contributed by atoms with van der Waals surface area (Å²) in [5, 5.41) is 2.83. The van der Waals surface area contributed by atoms with Gasteiger partial charge in [0.05, 0.1) is 13.2 Å². The Morgan fingerprint density at radius 2 is 1.83 bits per heavy atom. The third-order valence-corrected chi connectivity index (χ3v) is 3.82. The highest BCUT2D eigenvalue weighted by atomic mass is 16.5. The van der Waals surface area contributed by atoms with Gasteiger partial charge in [-0.05, 0) is 49.6 Å². The molecule has 0 radical (unpaired) electrons. The number of amides is 1. The standard InChI is InChI=1S/C20H25NO3/c1-15-9-10-19(13-16(15)2)24-17(3)20(22)21-11-12-23-14-18-7-5-4-6-8-18/h4-10,13,17H,11-12,14H2,1-3H3,(H,21,22). The molecule has 24 heavy (non-hydrogen) atoms. The molecule has 0 spiro atoms. The first kappa shape index (κ1) is 18.0. The fraction of sp³-hybridized carbons (Fsp3) is 0.350. The molecule has 1 unspecified atom stereocenters. The molecule has 1 amide bonds. The van der Waals surface area contributed by atoms with E-state index in [0.29, 0.717) is 25.5 Å². The van der Waals surface area contributed by atoms with Crippen molar-refractivity contribution in [1.29, 1.82) is 0 Å². The first-order valence-electron chi connectivity index (χ1n) is 8.19. The molecule has 4 heteroatoms. The third-order valence-electron chi connectivity index (χ3n) is 3.82. The quantitative estimate of drug-likeness (QED) is 0.756. The van der Waals surface area contributed by atoms with E-state index in [9.17, 15) is 4.79 Å². The molecule has 0 bridgehead atoms. The fourth-order valence-electron chi connectivity index (χ4n) is 2.20. The van der Waals surface area contributed by atoms with E-state index >= 15 is 0 Å². The molecule has 2 rings (SSSR count). The van der Waals surface area contributed by atoms with Gasteiger partial charge in [0.15, 0.2) is 6.10 Å². The summed E-state index contributed by atoms with van der Waals surface area (Å²) in [5.41, 5.74) is 3.47. The predicted molar refractivity (Wildman–Crippen MR) is 95.1 cm³/mol. The lowest BCUT2D eigenvalue weighted by molar-refractivity contribution is -0.127. The van der Waals surface area contributed by atoms with E-state index < -0.39 is 6.10 Å². The molecule has 2 aromatic carbocycles. The van der Waals surface area contributed by atoms with Crippen molar-refractivity contribution in [3.63, 3.8) is 0 Å². The van der Waals surface area contributed by atoms with Crippen LogP contribution in [0.2, 0.25) is 0 Å². The molecule has 0 fully saturated rings. The highest BCUT2D eigenvalue weighted by Gasteiger charge is 2.14. The Morgan fingerprint density at radius 1 is 1.08 bits per heavy atom. The van der Waals surface area contributed by atoms with Crippen LogP contribution in [0.1, 0.15) is 23.6 Å². The van der Waals surface area contributed by atoms with Crippen molar-refractivity contribution in [2.45, 2.75) is 33.5 Å². The zero-order chi connectivity index (χ0) is 17.4. The Bertz CT molecular complexity index is 655. The van der Waals surface area contributed by atoms with Crippen LogP contribution in [0.5, 0.6) is 5.75 Å². The SMILES string of the molecule is Cc1ccc(OC(C)C(=O)NCCOCc2ccccc2)cc1C. The average molecular weight is 327 g/mol. The maximum Gasteiger partial charge on any atom is 0.260 e. The van der Waals surface area contributed by atoms with Gasteiger partial charge in [-0.15, -0.1) is 0 Å². The van der Waals surface area contributed by atoms with E-state index in [4.69, 9.17) is 9.47 Å². The minimum Gasteiger partial charge on any atom is -0.481 e. The summed E-state index contributed by atoms with van der Waals surface area (Å²) in [6, 6.07) is 15.8. The molecule has 128 valence electrons. The molecule has 0 aliphatic rings. The first-order chi connectivity index (χ1) is 11.6. The van der Waals surface area contributed by atoms with Gasteiger partial charge in [-0.3, -0.25) is 4.79 Å². The molecule has 0 saturated heterocycles. The van der Waals surface area contributed by atoms with Gasteiger partial charge in [0.25, 0.3) is 5.91 Å². The number of aryl methyl sites for hydroxylation is 2. The molecule has 0 heterocycles. The largest absolute Gasteiger partial charge is 0.481 e. The van der Waals surface area contributed by atoms with Gasteiger partial charge in [-0.2, -0.15) is 0 Å². The van der Waals surface area contributed by atoms with Crippen molar-refractivity contribution in [2.24, 2.45) is 0 Å². The second-order valence-electron chi connectivity index (χ2n) is 5.84. The van der Waals surface area contributed by atoms with Crippen LogP contribution in [0.25, 0.3) is 0 Å². The number of hydrogen-bond donors (Lipinski definition) is 1. The van der Waals surface area contributed by atoms with Crippen molar-refractivity contribution < 1.29 is 14.3 Å². The molecule has 0 aliphatic heterocycles. The van der Waals surface area contributed by atoms with Gasteiger partial charge in [0.2, 0.25) is 0 Å². The molecule has 4 nitrogen and oxygen atoms in total. The zero-order valence-corrected chi connectivity index (χ0v) is 14.5.